The highest BCUT2D eigenvalue weighted by Gasteiger charge is 2.63. The summed E-state index contributed by atoms with van der Waals surface area (Å²) in [5.41, 5.74) is 4.52. The molecule has 0 radical (unpaired) electrons. The van der Waals surface area contributed by atoms with E-state index in [4.69, 9.17) is 11.6 Å². The van der Waals surface area contributed by atoms with Gasteiger partial charge in [0.05, 0.1) is 17.5 Å². The predicted octanol–water partition coefficient (Wildman–Crippen LogP) is 5.52. The van der Waals surface area contributed by atoms with Gasteiger partial charge in [0.1, 0.15) is 0 Å². The minimum Gasteiger partial charge on any atom is -0.304 e. The van der Waals surface area contributed by atoms with E-state index in [2.05, 4.69) is 0 Å². The van der Waals surface area contributed by atoms with Gasteiger partial charge in [-0.25, -0.2) is 0 Å². The lowest BCUT2D eigenvalue weighted by atomic mass is 10.0. The molecule has 0 saturated carbocycles. The number of hydrogen-bond donors (Lipinski definition) is 0. The number of rotatable bonds is 3. The van der Waals surface area contributed by atoms with Crippen molar-refractivity contribution in [3.8, 4) is 0 Å². The van der Waals surface area contributed by atoms with Crippen molar-refractivity contribution in [2.45, 2.75) is 30.5 Å². The number of hydrogen-bond acceptors (Lipinski definition) is 3. The first-order valence-corrected chi connectivity index (χ1v) is 11.4. The number of aryl methyl sites for hydroxylation is 1. The highest BCUT2D eigenvalue weighted by molar-refractivity contribution is 8.03. The average molecular weight is 449 g/mol. The van der Waals surface area contributed by atoms with E-state index in [9.17, 15) is 9.59 Å². The smallest absolute Gasteiger partial charge is 0.269 e. The van der Waals surface area contributed by atoms with Crippen molar-refractivity contribution in [1.29, 1.82) is 0 Å². The maximum Gasteiger partial charge on any atom is 0.269 e. The lowest BCUT2D eigenvalue weighted by Gasteiger charge is -2.33. The van der Waals surface area contributed by atoms with Gasteiger partial charge in [-0.1, -0.05) is 59.6 Å². The average Bonchev–Trinajstić information content (AvgIpc) is 3.17. The van der Waals surface area contributed by atoms with Crippen molar-refractivity contribution in [2.24, 2.45) is 0 Å². The molecule has 6 heteroatoms. The molecule has 31 heavy (non-hydrogen) atoms. The summed E-state index contributed by atoms with van der Waals surface area (Å²) in [6.45, 7) is 4.30. The Balaban J connectivity index is 1.65. The monoisotopic (exact) mass is 448 g/mol. The molecule has 156 valence electrons. The Labute approximate surface area is 190 Å². The number of fused-ring (bicyclic) bond motifs is 2. The fourth-order valence-corrected chi connectivity index (χ4v) is 6.02. The molecule has 1 fully saturated rings. The van der Waals surface area contributed by atoms with Crippen molar-refractivity contribution in [3.05, 3.63) is 94.5 Å². The van der Waals surface area contributed by atoms with Crippen molar-refractivity contribution < 1.29 is 9.59 Å². The van der Waals surface area contributed by atoms with E-state index in [1.165, 1.54) is 11.8 Å². The van der Waals surface area contributed by atoms with Crippen LogP contribution in [0.1, 0.15) is 23.6 Å². The van der Waals surface area contributed by atoms with Gasteiger partial charge in [0.15, 0.2) is 0 Å². The zero-order valence-electron chi connectivity index (χ0n) is 17.2. The molecule has 3 aromatic carbocycles. The number of nitrogens with zero attached hydrogens (tertiary/aromatic N) is 2. The first kappa shape index (κ1) is 20.2. The van der Waals surface area contributed by atoms with Crippen LogP contribution in [0.15, 0.2) is 72.8 Å². The third kappa shape index (κ3) is 3.07. The maximum atomic E-state index is 14.1. The van der Waals surface area contributed by atoms with E-state index in [-0.39, 0.29) is 17.1 Å². The van der Waals surface area contributed by atoms with Gasteiger partial charge in [-0.3, -0.25) is 14.5 Å². The van der Waals surface area contributed by atoms with Crippen LogP contribution in [0.4, 0.5) is 11.4 Å². The Hall–Kier alpha value is -2.76. The second-order valence-electron chi connectivity index (χ2n) is 7.95. The SMILES string of the molecule is Cc1ccc(N2C(=O)[C@@H](C)S[C@]23C(=O)N(Cc2ccc(Cl)cc2)c2ccccc23)cc1. The highest BCUT2D eigenvalue weighted by Crippen LogP contribution is 2.58. The molecule has 2 aliphatic rings. The molecule has 4 nitrogen and oxygen atoms in total. The van der Waals surface area contributed by atoms with E-state index in [0.717, 1.165) is 28.1 Å². The summed E-state index contributed by atoms with van der Waals surface area (Å²) in [6.07, 6.45) is 0. The first-order valence-electron chi connectivity index (χ1n) is 10.2. The molecule has 0 bridgehead atoms. The number of halogens is 1. The summed E-state index contributed by atoms with van der Waals surface area (Å²) in [6, 6.07) is 23.1. The number of amides is 2. The third-order valence-corrected chi connectivity index (χ3v) is 7.60. The van der Waals surface area contributed by atoms with Crippen LogP contribution >= 0.6 is 23.4 Å². The Morgan fingerprint density at radius 3 is 2.35 bits per heavy atom. The molecule has 2 aliphatic heterocycles. The summed E-state index contributed by atoms with van der Waals surface area (Å²) in [5.74, 6) is -0.141. The zero-order chi connectivity index (χ0) is 21.8. The minimum absolute atomic E-state index is 0.0506. The van der Waals surface area contributed by atoms with Crippen LogP contribution in [-0.4, -0.2) is 17.1 Å². The zero-order valence-corrected chi connectivity index (χ0v) is 18.8. The van der Waals surface area contributed by atoms with E-state index in [1.807, 2.05) is 86.6 Å². The first-order chi connectivity index (χ1) is 14.9. The lowest BCUT2D eigenvalue weighted by molar-refractivity contribution is -0.124. The summed E-state index contributed by atoms with van der Waals surface area (Å²) >= 11 is 7.46. The molecule has 3 aromatic rings. The van der Waals surface area contributed by atoms with Gasteiger partial charge in [0, 0.05) is 16.3 Å². The quantitative estimate of drug-likeness (QED) is 0.530. The predicted molar refractivity (Wildman–Crippen MR) is 126 cm³/mol. The van der Waals surface area contributed by atoms with E-state index in [0.29, 0.717) is 11.6 Å². The molecule has 0 N–H and O–H groups in total. The van der Waals surface area contributed by atoms with Gasteiger partial charge in [0.2, 0.25) is 10.8 Å². The van der Waals surface area contributed by atoms with Gasteiger partial charge in [0.25, 0.3) is 5.91 Å². The third-order valence-electron chi connectivity index (χ3n) is 5.87. The molecule has 1 spiro atoms. The van der Waals surface area contributed by atoms with Crippen LogP contribution in [0.2, 0.25) is 5.02 Å². The van der Waals surface area contributed by atoms with Gasteiger partial charge in [-0.15, -0.1) is 11.8 Å². The van der Waals surface area contributed by atoms with Crippen molar-refractivity contribution in [3.63, 3.8) is 0 Å². The highest BCUT2D eigenvalue weighted by atomic mass is 35.5. The van der Waals surface area contributed by atoms with Crippen LogP contribution < -0.4 is 9.80 Å². The van der Waals surface area contributed by atoms with Crippen LogP contribution in [0.3, 0.4) is 0 Å². The second-order valence-corrected chi connectivity index (χ2v) is 9.92. The van der Waals surface area contributed by atoms with Crippen LogP contribution in [0, 0.1) is 6.92 Å². The Bertz CT molecular complexity index is 1180. The van der Waals surface area contributed by atoms with Gasteiger partial charge in [-0.2, -0.15) is 0 Å². The summed E-state index contributed by atoms with van der Waals surface area (Å²) in [7, 11) is 0. The van der Waals surface area contributed by atoms with Crippen molar-refractivity contribution in [1.82, 2.24) is 0 Å². The van der Waals surface area contributed by atoms with Crippen molar-refractivity contribution in [2.75, 3.05) is 9.80 Å². The fraction of sp³-hybridized carbons (Fsp3) is 0.200. The van der Waals surface area contributed by atoms with Gasteiger partial charge >= 0.3 is 0 Å². The topological polar surface area (TPSA) is 40.6 Å². The van der Waals surface area contributed by atoms with E-state index >= 15 is 0 Å². The molecular formula is C25H21ClN2O2S. The summed E-state index contributed by atoms with van der Waals surface area (Å²) < 4.78 is 0. The lowest BCUT2D eigenvalue weighted by Crippen LogP contribution is -2.49. The fourth-order valence-electron chi connectivity index (χ4n) is 4.36. The molecule has 5 rings (SSSR count). The number of anilines is 2. The van der Waals surface area contributed by atoms with Crippen LogP contribution in [0.5, 0.6) is 0 Å². The molecule has 0 aromatic heterocycles. The molecule has 2 heterocycles. The number of benzene rings is 3. The largest absolute Gasteiger partial charge is 0.304 e. The van der Waals surface area contributed by atoms with Crippen LogP contribution in [0.25, 0.3) is 0 Å². The molecule has 1 saturated heterocycles. The molecule has 2 amide bonds. The van der Waals surface area contributed by atoms with Gasteiger partial charge < -0.3 is 4.90 Å². The number of carbonyl (C=O) groups excluding carboxylic acids is 2. The number of thioether (sulfide) groups is 1. The Morgan fingerprint density at radius 1 is 0.968 bits per heavy atom. The van der Waals surface area contributed by atoms with E-state index < -0.39 is 4.87 Å². The van der Waals surface area contributed by atoms with Crippen LogP contribution in [-0.2, 0) is 21.0 Å². The number of para-hydroxylation sites is 1. The summed E-state index contributed by atoms with van der Waals surface area (Å²) in [4.78, 5) is 29.8. The minimum atomic E-state index is -1.10. The number of carbonyl (C=O) groups is 2. The molecule has 0 aliphatic carbocycles. The molecular weight excluding hydrogens is 428 g/mol. The molecule has 0 unspecified atom stereocenters. The Morgan fingerprint density at radius 2 is 1.65 bits per heavy atom. The summed E-state index contributed by atoms with van der Waals surface area (Å²) in [5, 5.41) is 0.332. The standard InChI is InChI=1S/C25H21ClN2O2S/c1-16-7-13-20(14-8-16)28-23(29)17(2)31-25(28)21-5-3-4-6-22(21)27(24(25)30)15-18-9-11-19(26)12-10-18/h3-14,17H,15H2,1-2H3/t17-,25-/m1/s1. The maximum absolute atomic E-state index is 14.1. The van der Waals surface area contributed by atoms with Crippen molar-refractivity contribution >= 4 is 46.6 Å². The van der Waals surface area contributed by atoms with E-state index in [1.54, 1.807) is 9.80 Å². The second kappa shape index (κ2) is 7.43. The Kier molecular flexibility index (Phi) is 4.83. The molecule has 2 atom stereocenters. The van der Waals surface area contributed by atoms with Gasteiger partial charge in [-0.05, 0) is 49.7 Å². The normalized spacial score (nSPS) is 22.5.